The van der Waals surface area contributed by atoms with Gasteiger partial charge in [-0.05, 0) is 55.0 Å². The lowest BCUT2D eigenvalue weighted by atomic mass is 9.90. The Kier molecular flexibility index (Phi) is 5.76. The van der Waals surface area contributed by atoms with Crippen molar-refractivity contribution >= 4 is 29.4 Å². The van der Waals surface area contributed by atoms with Crippen molar-refractivity contribution in [2.75, 3.05) is 12.4 Å². The minimum atomic E-state index is -0.732. The molecule has 0 N–H and O–H groups in total. The second-order valence-electron chi connectivity index (χ2n) is 7.36. The number of fused-ring (bicyclic) bond motifs is 1. The van der Waals surface area contributed by atoms with Crippen LogP contribution in [0.15, 0.2) is 41.0 Å². The number of carbonyl (C=O) groups is 3. The highest BCUT2D eigenvalue weighted by atomic mass is 32.2. The molecule has 0 saturated carbocycles. The first kappa shape index (κ1) is 19.8. The topological polar surface area (TPSA) is 76.8 Å². The second kappa shape index (κ2) is 8.45. The molecule has 1 saturated heterocycles. The molecule has 2 aromatic rings. The molecule has 1 aromatic carbocycles. The van der Waals surface area contributed by atoms with Crippen LogP contribution in [0.2, 0.25) is 0 Å². The van der Waals surface area contributed by atoms with Gasteiger partial charge in [-0.25, -0.2) is 4.79 Å². The molecular formula is C22H23NO5S. The van der Waals surface area contributed by atoms with E-state index in [4.69, 9.17) is 9.15 Å². The number of furan rings is 1. The van der Waals surface area contributed by atoms with Crippen LogP contribution in [-0.4, -0.2) is 41.0 Å². The lowest BCUT2D eigenvalue weighted by molar-refractivity contribution is -0.152. The minimum absolute atomic E-state index is 0.227. The molecular weight excluding hydrogens is 390 g/mol. The van der Waals surface area contributed by atoms with Gasteiger partial charge in [0.2, 0.25) is 5.91 Å². The fraction of sp³-hybridized carbons (Fsp3) is 0.409. The number of amides is 1. The Labute approximate surface area is 173 Å². The lowest BCUT2D eigenvalue weighted by Gasteiger charge is -2.25. The number of Topliss-reactive ketones (excluding diaryl/α,β-unsaturated/α-hetero) is 1. The number of ether oxygens (including phenoxy) is 1. The number of rotatable bonds is 5. The maximum absolute atomic E-state index is 12.6. The number of aryl methyl sites for hydroxylation is 2. The van der Waals surface area contributed by atoms with Gasteiger partial charge in [0.15, 0.2) is 12.4 Å². The molecule has 0 bridgehead atoms. The van der Waals surface area contributed by atoms with Crippen LogP contribution in [0.1, 0.15) is 52.4 Å². The van der Waals surface area contributed by atoms with Crippen LogP contribution in [0.4, 0.5) is 0 Å². The predicted molar refractivity (Wildman–Crippen MR) is 109 cm³/mol. The minimum Gasteiger partial charge on any atom is -0.466 e. The summed E-state index contributed by atoms with van der Waals surface area (Å²) in [6, 6.07) is 8.52. The molecule has 1 amide bonds. The molecule has 6 nitrogen and oxygen atoms in total. The number of esters is 1. The first-order valence-electron chi connectivity index (χ1n) is 9.80. The van der Waals surface area contributed by atoms with Crippen LogP contribution in [-0.2, 0) is 27.2 Å². The summed E-state index contributed by atoms with van der Waals surface area (Å²) in [6.07, 6.45) is 5.89. The fourth-order valence-corrected chi connectivity index (χ4v) is 5.36. The van der Waals surface area contributed by atoms with Gasteiger partial charge in [0.05, 0.1) is 6.26 Å². The Morgan fingerprint density at radius 3 is 2.69 bits per heavy atom. The van der Waals surface area contributed by atoms with Crippen molar-refractivity contribution in [3.05, 3.63) is 59.0 Å². The van der Waals surface area contributed by atoms with Gasteiger partial charge in [-0.2, -0.15) is 0 Å². The fourth-order valence-electron chi connectivity index (χ4n) is 3.95. The molecule has 2 heterocycles. The highest BCUT2D eigenvalue weighted by Crippen LogP contribution is 2.41. The van der Waals surface area contributed by atoms with E-state index in [0.717, 1.165) is 19.3 Å². The SMILES string of the molecule is CC(=O)N1[C@@H](C(=O)OCC(=O)c2ccc3c(c2)CCCC3)CS[C@@H]1c1ccco1. The first-order valence-corrected chi connectivity index (χ1v) is 10.8. The highest BCUT2D eigenvalue weighted by molar-refractivity contribution is 7.99. The van der Waals surface area contributed by atoms with Crippen LogP contribution in [0.5, 0.6) is 0 Å². The van der Waals surface area contributed by atoms with Crippen molar-refractivity contribution in [2.45, 2.75) is 44.0 Å². The summed E-state index contributed by atoms with van der Waals surface area (Å²) >= 11 is 1.44. The zero-order chi connectivity index (χ0) is 20.4. The predicted octanol–water partition coefficient (Wildman–Crippen LogP) is 3.55. The molecule has 0 spiro atoms. The average molecular weight is 413 g/mol. The van der Waals surface area contributed by atoms with Crippen LogP contribution in [0.3, 0.4) is 0 Å². The van der Waals surface area contributed by atoms with E-state index in [1.165, 1.54) is 47.4 Å². The summed E-state index contributed by atoms with van der Waals surface area (Å²) < 4.78 is 10.7. The van der Waals surface area contributed by atoms with E-state index < -0.39 is 12.0 Å². The van der Waals surface area contributed by atoms with E-state index in [1.54, 1.807) is 18.2 Å². The molecule has 1 aromatic heterocycles. The molecule has 0 radical (unpaired) electrons. The van der Waals surface area contributed by atoms with E-state index in [1.807, 2.05) is 12.1 Å². The summed E-state index contributed by atoms with van der Waals surface area (Å²) in [4.78, 5) is 38.8. The van der Waals surface area contributed by atoms with Gasteiger partial charge in [0, 0.05) is 18.2 Å². The normalized spacial score (nSPS) is 20.9. The number of ketones is 1. The van der Waals surface area contributed by atoms with Crippen LogP contribution >= 0.6 is 11.8 Å². The Morgan fingerprint density at radius 2 is 1.97 bits per heavy atom. The van der Waals surface area contributed by atoms with Crippen LogP contribution in [0, 0.1) is 0 Å². The Bertz CT molecular complexity index is 923. The largest absolute Gasteiger partial charge is 0.466 e. The maximum atomic E-state index is 12.6. The molecule has 2 atom stereocenters. The first-order chi connectivity index (χ1) is 14.0. The molecule has 2 aliphatic rings. The number of benzene rings is 1. The Morgan fingerprint density at radius 1 is 1.17 bits per heavy atom. The zero-order valence-corrected chi connectivity index (χ0v) is 17.1. The molecule has 0 unspecified atom stereocenters. The van der Waals surface area contributed by atoms with E-state index in [0.29, 0.717) is 17.1 Å². The van der Waals surface area contributed by atoms with Gasteiger partial charge in [-0.15, -0.1) is 11.8 Å². The van der Waals surface area contributed by atoms with Gasteiger partial charge in [-0.1, -0.05) is 12.1 Å². The molecule has 29 heavy (non-hydrogen) atoms. The Balaban J connectivity index is 1.40. The summed E-state index contributed by atoms with van der Waals surface area (Å²) in [5.41, 5.74) is 3.08. The molecule has 4 rings (SSSR count). The third kappa shape index (κ3) is 4.10. The van der Waals surface area contributed by atoms with Gasteiger partial charge >= 0.3 is 5.97 Å². The number of hydrogen-bond donors (Lipinski definition) is 0. The van der Waals surface area contributed by atoms with Crippen molar-refractivity contribution in [2.24, 2.45) is 0 Å². The highest BCUT2D eigenvalue weighted by Gasteiger charge is 2.43. The molecule has 152 valence electrons. The summed E-state index contributed by atoms with van der Waals surface area (Å²) in [5, 5.41) is -0.364. The molecule has 1 aliphatic heterocycles. The third-order valence-corrected chi connectivity index (χ3v) is 6.72. The maximum Gasteiger partial charge on any atom is 0.330 e. The van der Waals surface area contributed by atoms with E-state index >= 15 is 0 Å². The summed E-state index contributed by atoms with van der Waals surface area (Å²) in [6.45, 7) is 1.09. The smallest absolute Gasteiger partial charge is 0.330 e. The van der Waals surface area contributed by atoms with Crippen LogP contribution in [0.25, 0.3) is 0 Å². The summed E-state index contributed by atoms with van der Waals surface area (Å²) in [7, 11) is 0. The van der Waals surface area contributed by atoms with Gasteiger partial charge in [-0.3, -0.25) is 9.59 Å². The molecule has 1 fully saturated rings. The quantitative estimate of drug-likeness (QED) is 0.551. The number of carbonyl (C=O) groups excluding carboxylic acids is 3. The van der Waals surface area contributed by atoms with Gasteiger partial charge in [0.1, 0.15) is 17.2 Å². The van der Waals surface area contributed by atoms with Gasteiger partial charge < -0.3 is 14.1 Å². The van der Waals surface area contributed by atoms with Crippen molar-refractivity contribution in [3.63, 3.8) is 0 Å². The number of nitrogens with zero attached hydrogens (tertiary/aromatic N) is 1. The summed E-state index contributed by atoms with van der Waals surface area (Å²) in [5.74, 6) is -0.0102. The molecule has 1 aliphatic carbocycles. The standard InChI is InChI=1S/C22H23NO5S/c1-14(24)23-18(13-29-21(23)20-7-4-10-27-20)22(26)28-12-19(25)17-9-8-15-5-2-3-6-16(15)11-17/h4,7-11,18,21H,2-3,5-6,12-13H2,1H3/t18-,21-/m1/s1. The van der Waals surface area contributed by atoms with Gasteiger partial charge in [0.25, 0.3) is 0 Å². The van der Waals surface area contributed by atoms with E-state index in [9.17, 15) is 14.4 Å². The van der Waals surface area contributed by atoms with E-state index in [-0.39, 0.29) is 23.7 Å². The third-order valence-electron chi connectivity index (χ3n) is 5.44. The van der Waals surface area contributed by atoms with Crippen molar-refractivity contribution in [1.29, 1.82) is 0 Å². The average Bonchev–Trinajstić information content (AvgIpc) is 3.40. The van der Waals surface area contributed by atoms with Crippen molar-refractivity contribution < 1.29 is 23.5 Å². The molecule has 7 heteroatoms. The Hall–Kier alpha value is -2.54. The van der Waals surface area contributed by atoms with E-state index in [2.05, 4.69) is 0 Å². The monoisotopic (exact) mass is 413 g/mol. The van der Waals surface area contributed by atoms with Crippen molar-refractivity contribution in [3.8, 4) is 0 Å². The van der Waals surface area contributed by atoms with Crippen LogP contribution < -0.4 is 0 Å². The zero-order valence-electron chi connectivity index (χ0n) is 16.3. The lowest BCUT2D eigenvalue weighted by Crippen LogP contribution is -2.43. The second-order valence-corrected chi connectivity index (χ2v) is 8.48. The van der Waals surface area contributed by atoms with Crippen molar-refractivity contribution in [1.82, 2.24) is 4.90 Å². The number of hydrogen-bond acceptors (Lipinski definition) is 6. The number of thioether (sulfide) groups is 1.